The molecule has 15 heavy (non-hydrogen) atoms. The first-order chi connectivity index (χ1) is 7.07. The Hall–Kier alpha value is -0.370. The van der Waals surface area contributed by atoms with Crippen LogP contribution >= 0.6 is 11.3 Å². The van der Waals surface area contributed by atoms with Crippen molar-refractivity contribution in [1.29, 1.82) is 0 Å². The van der Waals surface area contributed by atoms with Crippen molar-refractivity contribution in [2.75, 3.05) is 0 Å². The maximum atomic E-state index is 4.45. The molecule has 1 nitrogen and oxygen atoms in total. The van der Waals surface area contributed by atoms with Gasteiger partial charge in [0.25, 0.3) is 0 Å². The Morgan fingerprint density at radius 3 is 2.33 bits per heavy atom. The molecule has 1 aliphatic rings. The summed E-state index contributed by atoms with van der Waals surface area (Å²) in [6.07, 6.45) is 7.39. The van der Waals surface area contributed by atoms with Crippen molar-refractivity contribution in [3.05, 3.63) is 16.6 Å². The van der Waals surface area contributed by atoms with Crippen LogP contribution in [0.4, 0.5) is 0 Å². The van der Waals surface area contributed by atoms with Gasteiger partial charge >= 0.3 is 0 Å². The average molecular weight is 223 g/mol. The van der Waals surface area contributed by atoms with Crippen LogP contribution < -0.4 is 0 Å². The van der Waals surface area contributed by atoms with Crippen LogP contribution in [0.2, 0.25) is 0 Å². The van der Waals surface area contributed by atoms with Crippen LogP contribution in [0.15, 0.2) is 11.6 Å². The maximum Gasteiger partial charge on any atom is 0.0955 e. The summed E-state index contributed by atoms with van der Waals surface area (Å²) in [5, 5.41) is 3.47. The predicted molar refractivity (Wildman–Crippen MR) is 66.3 cm³/mol. The lowest BCUT2D eigenvalue weighted by Crippen LogP contribution is -2.25. The van der Waals surface area contributed by atoms with Crippen molar-refractivity contribution in [2.24, 2.45) is 11.3 Å². The van der Waals surface area contributed by atoms with Gasteiger partial charge in [-0.05, 0) is 37.0 Å². The Bertz CT molecular complexity index is 289. The van der Waals surface area contributed by atoms with Gasteiger partial charge in [-0.15, -0.1) is 11.3 Å². The minimum Gasteiger partial charge on any atom is -0.249 e. The van der Waals surface area contributed by atoms with Crippen LogP contribution in [0, 0.1) is 11.3 Å². The minimum absolute atomic E-state index is 0.494. The molecule has 0 N–H and O–H groups in total. The lowest BCUT2D eigenvalue weighted by molar-refractivity contribution is 0.169. The Morgan fingerprint density at radius 2 is 1.87 bits per heavy atom. The Balaban J connectivity index is 1.93. The summed E-state index contributed by atoms with van der Waals surface area (Å²) >= 11 is 1.83. The zero-order chi connectivity index (χ0) is 10.9. The van der Waals surface area contributed by atoms with Gasteiger partial charge in [0.05, 0.1) is 5.01 Å². The van der Waals surface area contributed by atoms with E-state index in [2.05, 4.69) is 31.1 Å². The largest absolute Gasteiger partial charge is 0.249 e. The van der Waals surface area contributed by atoms with Crippen LogP contribution in [0.25, 0.3) is 0 Å². The number of hydrogen-bond donors (Lipinski definition) is 0. The number of nitrogens with zero attached hydrogens (tertiary/aromatic N) is 1. The van der Waals surface area contributed by atoms with Gasteiger partial charge in [-0.3, -0.25) is 0 Å². The molecule has 84 valence electrons. The second kappa shape index (κ2) is 4.25. The van der Waals surface area contributed by atoms with E-state index in [1.54, 1.807) is 0 Å². The molecule has 1 fully saturated rings. The molecule has 1 aromatic rings. The average Bonchev–Trinajstić information content (AvgIpc) is 2.69. The fourth-order valence-corrected chi connectivity index (χ4v) is 3.45. The van der Waals surface area contributed by atoms with E-state index < -0.39 is 0 Å². The first kappa shape index (κ1) is 11.1. The van der Waals surface area contributed by atoms with Crippen LogP contribution in [-0.4, -0.2) is 4.98 Å². The van der Waals surface area contributed by atoms with Crippen LogP contribution in [-0.2, 0) is 0 Å². The van der Waals surface area contributed by atoms with E-state index in [0.717, 1.165) is 11.8 Å². The first-order valence-electron chi connectivity index (χ1n) is 5.97. The molecule has 0 atom stereocenters. The zero-order valence-electron chi connectivity index (χ0n) is 9.99. The highest BCUT2D eigenvalue weighted by atomic mass is 32.1. The van der Waals surface area contributed by atoms with Crippen molar-refractivity contribution in [3.8, 4) is 0 Å². The topological polar surface area (TPSA) is 12.9 Å². The van der Waals surface area contributed by atoms with Crippen LogP contribution in [0.3, 0.4) is 0 Å². The van der Waals surface area contributed by atoms with Gasteiger partial charge in [0.15, 0.2) is 0 Å². The zero-order valence-corrected chi connectivity index (χ0v) is 10.8. The molecule has 0 unspecified atom stereocenters. The van der Waals surface area contributed by atoms with Crippen molar-refractivity contribution in [2.45, 2.75) is 52.4 Å². The van der Waals surface area contributed by atoms with E-state index in [-0.39, 0.29) is 0 Å². The Morgan fingerprint density at radius 1 is 1.20 bits per heavy atom. The third-order valence-corrected chi connectivity index (χ3v) is 4.69. The summed E-state index contributed by atoms with van der Waals surface area (Å²) in [5.41, 5.74) is 0.494. The molecule has 0 amide bonds. The molecule has 1 heterocycles. The van der Waals surface area contributed by atoms with Gasteiger partial charge < -0.3 is 0 Å². The number of rotatable bonds is 1. The van der Waals surface area contributed by atoms with Gasteiger partial charge in [-0.1, -0.05) is 20.8 Å². The molecule has 0 aromatic carbocycles. The summed E-state index contributed by atoms with van der Waals surface area (Å²) in [4.78, 5) is 4.45. The molecule has 0 bridgehead atoms. The lowest BCUT2D eigenvalue weighted by atomic mass is 9.70. The second-order valence-electron chi connectivity index (χ2n) is 5.78. The van der Waals surface area contributed by atoms with E-state index in [0.29, 0.717) is 5.41 Å². The molecule has 0 saturated heterocycles. The van der Waals surface area contributed by atoms with Gasteiger partial charge in [-0.2, -0.15) is 0 Å². The molecule has 0 spiro atoms. The quantitative estimate of drug-likeness (QED) is 0.685. The minimum atomic E-state index is 0.494. The highest BCUT2D eigenvalue weighted by molar-refractivity contribution is 7.09. The van der Waals surface area contributed by atoms with Crippen LogP contribution in [0.5, 0.6) is 0 Å². The van der Waals surface area contributed by atoms with Gasteiger partial charge in [0.2, 0.25) is 0 Å². The van der Waals surface area contributed by atoms with Crippen molar-refractivity contribution >= 4 is 11.3 Å². The summed E-state index contributed by atoms with van der Waals surface area (Å²) in [6.45, 7) is 7.13. The van der Waals surface area contributed by atoms with E-state index in [9.17, 15) is 0 Å². The number of aromatic nitrogens is 1. The third-order valence-electron chi connectivity index (χ3n) is 3.75. The highest BCUT2D eigenvalue weighted by Gasteiger charge is 2.30. The van der Waals surface area contributed by atoms with E-state index >= 15 is 0 Å². The standard InChI is InChI=1S/C13H21NS/c1-13(2,3)11-6-4-10(5-7-11)12-14-8-9-15-12/h8-11H,4-7H2,1-3H3. The molecule has 1 aromatic heterocycles. The van der Waals surface area contributed by atoms with Crippen molar-refractivity contribution in [1.82, 2.24) is 4.98 Å². The van der Waals surface area contributed by atoms with Crippen molar-refractivity contribution < 1.29 is 0 Å². The fourth-order valence-electron chi connectivity index (χ4n) is 2.64. The molecule has 0 aliphatic heterocycles. The predicted octanol–water partition coefficient (Wildman–Crippen LogP) is 4.46. The first-order valence-corrected chi connectivity index (χ1v) is 6.84. The van der Waals surface area contributed by atoms with E-state index in [1.165, 1.54) is 30.7 Å². The second-order valence-corrected chi connectivity index (χ2v) is 6.71. The molecular formula is C13H21NS. The van der Waals surface area contributed by atoms with Gasteiger partial charge in [0.1, 0.15) is 0 Å². The highest BCUT2D eigenvalue weighted by Crippen LogP contribution is 2.43. The monoisotopic (exact) mass is 223 g/mol. The summed E-state index contributed by atoms with van der Waals surface area (Å²) in [5.74, 6) is 1.66. The molecule has 2 heteroatoms. The molecule has 1 aliphatic carbocycles. The lowest BCUT2D eigenvalue weighted by Gasteiger charge is -2.36. The molecule has 2 rings (SSSR count). The third kappa shape index (κ3) is 2.60. The van der Waals surface area contributed by atoms with E-state index in [1.807, 2.05) is 17.5 Å². The smallest absolute Gasteiger partial charge is 0.0955 e. The summed E-state index contributed by atoms with van der Waals surface area (Å²) < 4.78 is 0. The van der Waals surface area contributed by atoms with Gasteiger partial charge in [-0.25, -0.2) is 4.98 Å². The number of thiazole rings is 1. The van der Waals surface area contributed by atoms with Crippen LogP contribution in [0.1, 0.15) is 57.4 Å². The normalized spacial score (nSPS) is 27.9. The van der Waals surface area contributed by atoms with Gasteiger partial charge in [0, 0.05) is 17.5 Å². The molecule has 1 saturated carbocycles. The molecular weight excluding hydrogens is 202 g/mol. The SMILES string of the molecule is CC(C)(C)C1CCC(c2nccs2)CC1. The van der Waals surface area contributed by atoms with Crippen molar-refractivity contribution in [3.63, 3.8) is 0 Å². The maximum absolute atomic E-state index is 4.45. The van der Waals surface area contributed by atoms with E-state index in [4.69, 9.17) is 0 Å². The Kier molecular flexibility index (Phi) is 3.15. The number of hydrogen-bond acceptors (Lipinski definition) is 2. The Labute approximate surface area is 96.9 Å². The summed E-state index contributed by atoms with van der Waals surface area (Å²) in [7, 11) is 0. The molecule has 0 radical (unpaired) electrons. The summed E-state index contributed by atoms with van der Waals surface area (Å²) in [6, 6.07) is 0. The fraction of sp³-hybridized carbons (Fsp3) is 0.769.